The van der Waals surface area contributed by atoms with E-state index in [1.165, 1.54) is 87.7 Å². The van der Waals surface area contributed by atoms with Crippen molar-refractivity contribution in [2.24, 2.45) is 0 Å². The first-order valence-electron chi connectivity index (χ1n) is 19.1. The molecule has 0 heterocycles. The van der Waals surface area contributed by atoms with Crippen molar-refractivity contribution in [1.82, 2.24) is 0 Å². The SMILES string of the molecule is C[Si](C)(C)c1ccc(N(c2ccccc2)c2ccc3c4c(c5ccccc5c3c2)-c2cc3ccccc3cc2C42c3ccccc3-c3ccccc32)cc1. The zero-order valence-corrected chi connectivity index (χ0v) is 31.8. The lowest BCUT2D eigenvalue weighted by molar-refractivity contribution is 0.803. The van der Waals surface area contributed by atoms with E-state index < -0.39 is 13.5 Å². The molecule has 9 aromatic rings. The maximum atomic E-state index is 2.50. The van der Waals surface area contributed by atoms with Crippen LogP contribution in [0.3, 0.4) is 0 Å². The van der Waals surface area contributed by atoms with Gasteiger partial charge in [-0.05, 0) is 125 Å². The van der Waals surface area contributed by atoms with Crippen LogP contribution in [0.5, 0.6) is 0 Å². The lowest BCUT2D eigenvalue weighted by Crippen LogP contribution is -2.37. The van der Waals surface area contributed by atoms with Crippen LogP contribution in [0.1, 0.15) is 22.3 Å². The van der Waals surface area contributed by atoms with Crippen LogP contribution < -0.4 is 10.1 Å². The monoisotopic (exact) mass is 705 g/mol. The topological polar surface area (TPSA) is 3.24 Å². The maximum Gasteiger partial charge on any atom is 0.0775 e. The minimum atomic E-state index is -1.45. The van der Waals surface area contributed by atoms with Crippen molar-refractivity contribution in [1.29, 1.82) is 0 Å². The number of anilines is 3. The van der Waals surface area contributed by atoms with E-state index in [4.69, 9.17) is 0 Å². The Kier molecular flexibility index (Phi) is 6.60. The van der Waals surface area contributed by atoms with Crippen LogP contribution in [-0.4, -0.2) is 8.07 Å². The molecule has 256 valence electrons. The van der Waals surface area contributed by atoms with Crippen LogP contribution in [0.15, 0.2) is 182 Å². The summed E-state index contributed by atoms with van der Waals surface area (Å²) in [7, 11) is -1.45. The van der Waals surface area contributed by atoms with Gasteiger partial charge in [0.15, 0.2) is 0 Å². The second-order valence-electron chi connectivity index (χ2n) is 16.1. The van der Waals surface area contributed by atoms with E-state index in [0.717, 1.165) is 11.4 Å². The molecule has 2 aliphatic carbocycles. The Balaban J connectivity index is 1.26. The van der Waals surface area contributed by atoms with E-state index in [-0.39, 0.29) is 0 Å². The van der Waals surface area contributed by atoms with Gasteiger partial charge in [-0.2, -0.15) is 0 Å². The Labute approximate surface area is 317 Å². The quantitative estimate of drug-likeness (QED) is 0.130. The third-order valence-electron chi connectivity index (χ3n) is 12.2. The van der Waals surface area contributed by atoms with Crippen LogP contribution >= 0.6 is 0 Å². The summed E-state index contributed by atoms with van der Waals surface area (Å²) in [4.78, 5) is 2.42. The van der Waals surface area contributed by atoms with Gasteiger partial charge >= 0.3 is 0 Å². The van der Waals surface area contributed by atoms with Crippen LogP contribution in [0.25, 0.3) is 54.6 Å². The number of para-hydroxylation sites is 1. The molecule has 9 aromatic carbocycles. The van der Waals surface area contributed by atoms with Crippen LogP contribution in [-0.2, 0) is 5.41 Å². The third kappa shape index (κ3) is 4.26. The zero-order chi connectivity index (χ0) is 36.2. The molecule has 2 heteroatoms. The standard InChI is InChI=1S/C52H39NSi/c1-54(2,3)39-28-25-37(26-29-39)53(36-17-5-4-6-18-36)38-27-30-44-45(33-38)40-19-9-10-22-43(40)50-46-31-34-15-7-8-16-35(34)32-49(46)52(51(44)50)47-23-13-11-20-41(47)42-21-12-14-24-48(42)52/h4-33H,1-3H3. The number of hydrogen-bond acceptors (Lipinski definition) is 1. The molecule has 0 radical (unpaired) electrons. The average Bonchev–Trinajstić information content (AvgIpc) is 3.68. The molecule has 0 aliphatic heterocycles. The second kappa shape index (κ2) is 11.4. The Morgan fingerprint density at radius 2 is 0.944 bits per heavy atom. The summed E-state index contributed by atoms with van der Waals surface area (Å²) in [5.41, 5.74) is 13.9. The van der Waals surface area contributed by atoms with Gasteiger partial charge in [-0.3, -0.25) is 0 Å². The highest BCUT2D eigenvalue weighted by Gasteiger charge is 2.53. The molecule has 1 nitrogen and oxygen atoms in total. The Morgan fingerprint density at radius 3 is 1.63 bits per heavy atom. The van der Waals surface area contributed by atoms with Crippen molar-refractivity contribution in [2.75, 3.05) is 4.90 Å². The molecular formula is C52H39NSi. The van der Waals surface area contributed by atoms with Gasteiger partial charge in [0, 0.05) is 17.1 Å². The fourth-order valence-corrected chi connectivity index (χ4v) is 11.0. The molecule has 11 rings (SSSR count). The van der Waals surface area contributed by atoms with Crippen LogP contribution in [0.4, 0.5) is 17.1 Å². The van der Waals surface area contributed by atoms with Gasteiger partial charge in [-0.25, -0.2) is 0 Å². The Bertz CT molecular complexity index is 2920. The number of nitrogens with zero attached hydrogens (tertiary/aromatic N) is 1. The highest BCUT2D eigenvalue weighted by molar-refractivity contribution is 6.88. The summed E-state index contributed by atoms with van der Waals surface area (Å²) >= 11 is 0. The van der Waals surface area contributed by atoms with Gasteiger partial charge < -0.3 is 4.90 Å². The number of benzene rings is 9. The van der Waals surface area contributed by atoms with Crippen molar-refractivity contribution >= 4 is 62.6 Å². The van der Waals surface area contributed by atoms with Gasteiger partial charge in [0.05, 0.1) is 13.5 Å². The Morgan fingerprint density at radius 1 is 0.389 bits per heavy atom. The Hall–Kier alpha value is -6.22. The predicted molar refractivity (Wildman–Crippen MR) is 233 cm³/mol. The third-order valence-corrected chi connectivity index (χ3v) is 14.2. The lowest BCUT2D eigenvalue weighted by atomic mass is 9.69. The molecule has 1 spiro atoms. The normalized spacial score (nSPS) is 13.6. The van der Waals surface area contributed by atoms with Gasteiger partial charge in [-0.1, -0.05) is 158 Å². The summed E-state index contributed by atoms with van der Waals surface area (Å²) < 4.78 is 0. The molecule has 0 unspecified atom stereocenters. The molecule has 0 amide bonds. The van der Waals surface area contributed by atoms with Crippen molar-refractivity contribution in [2.45, 2.75) is 25.1 Å². The summed E-state index contributed by atoms with van der Waals surface area (Å²) in [5.74, 6) is 0. The second-order valence-corrected chi connectivity index (χ2v) is 21.2. The molecule has 2 aliphatic rings. The molecule has 0 N–H and O–H groups in total. The highest BCUT2D eigenvalue weighted by Crippen LogP contribution is 2.66. The van der Waals surface area contributed by atoms with E-state index in [2.05, 4.69) is 207 Å². The first-order chi connectivity index (χ1) is 26.4. The van der Waals surface area contributed by atoms with Crippen molar-refractivity contribution in [3.8, 4) is 22.3 Å². The summed E-state index contributed by atoms with van der Waals surface area (Å²) in [6, 6.07) is 68.6. The largest absolute Gasteiger partial charge is 0.310 e. The molecule has 0 atom stereocenters. The molecule has 0 saturated heterocycles. The minimum Gasteiger partial charge on any atom is -0.310 e. The van der Waals surface area contributed by atoms with Crippen molar-refractivity contribution in [3.05, 3.63) is 204 Å². The van der Waals surface area contributed by atoms with Crippen LogP contribution in [0.2, 0.25) is 19.6 Å². The van der Waals surface area contributed by atoms with Gasteiger partial charge in [0.1, 0.15) is 0 Å². The number of rotatable bonds is 4. The first-order valence-corrected chi connectivity index (χ1v) is 22.6. The number of hydrogen-bond donors (Lipinski definition) is 0. The minimum absolute atomic E-state index is 0.461. The fraction of sp³-hybridized carbons (Fsp3) is 0.0769. The van der Waals surface area contributed by atoms with E-state index in [9.17, 15) is 0 Å². The van der Waals surface area contributed by atoms with Crippen LogP contribution in [0, 0.1) is 0 Å². The summed E-state index contributed by atoms with van der Waals surface area (Å²) in [6.07, 6.45) is 0. The lowest BCUT2D eigenvalue weighted by Gasteiger charge is -2.32. The summed E-state index contributed by atoms with van der Waals surface area (Å²) in [6.45, 7) is 7.25. The van der Waals surface area contributed by atoms with Gasteiger partial charge in [-0.15, -0.1) is 0 Å². The molecule has 0 saturated carbocycles. The van der Waals surface area contributed by atoms with E-state index in [1.807, 2.05) is 0 Å². The van der Waals surface area contributed by atoms with E-state index in [0.29, 0.717) is 0 Å². The smallest absolute Gasteiger partial charge is 0.0775 e. The highest BCUT2D eigenvalue weighted by atomic mass is 28.3. The van der Waals surface area contributed by atoms with Gasteiger partial charge in [0.25, 0.3) is 0 Å². The van der Waals surface area contributed by atoms with E-state index >= 15 is 0 Å². The number of fused-ring (bicyclic) bond motifs is 16. The maximum absolute atomic E-state index is 2.50. The molecule has 54 heavy (non-hydrogen) atoms. The average molecular weight is 706 g/mol. The molecular weight excluding hydrogens is 667 g/mol. The molecule has 0 fully saturated rings. The molecule has 0 aromatic heterocycles. The fourth-order valence-electron chi connectivity index (χ4n) is 9.81. The van der Waals surface area contributed by atoms with Crippen molar-refractivity contribution < 1.29 is 0 Å². The van der Waals surface area contributed by atoms with Gasteiger partial charge in [0.2, 0.25) is 0 Å². The van der Waals surface area contributed by atoms with E-state index in [1.54, 1.807) is 0 Å². The molecule has 0 bridgehead atoms. The zero-order valence-electron chi connectivity index (χ0n) is 30.8. The summed E-state index contributed by atoms with van der Waals surface area (Å²) in [5, 5.41) is 9.19. The predicted octanol–water partition coefficient (Wildman–Crippen LogP) is 13.5. The first kappa shape index (κ1) is 31.3. The van der Waals surface area contributed by atoms with Crippen molar-refractivity contribution in [3.63, 3.8) is 0 Å².